The van der Waals surface area contributed by atoms with Crippen molar-refractivity contribution >= 4 is 35.3 Å². The Hall–Kier alpha value is -2.04. The van der Waals surface area contributed by atoms with Crippen LogP contribution in [-0.2, 0) is 0 Å². The lowest BCUT2D eigenvalue weighted by molar-refractivity contribution is 0.0955. The quantitative estimate of drug-likeness (QED) is 0.429. The van der Waals surface area contributed by atoms with E-state index in [1.165, 1.54) is 6.07 Å². The Bertz CT molecular complexity index is 733. The van der Waals surface area contributed by atoms with E-state index in [1.807, 2.05) is 24.3 Å². The monoisotopic (exact) mass is 364 g/mol. The van der Waals surface area contributed by atoms with Crippen LogP contribution in [0.1, 0.15) is 35.7 Å². The van der Waals surface area contributed by atoms with Crippen LogP contribution in [0.25, 0.3) is 0 Å². The smallest absolute Gasteiger partial charge is 0.271 e. The number of rotatable bonds is 7. The Morgan fingerprint density at radius 1 is 1.21 bits per heavy atom. The largest absolute Gasteiger partial charge is 0.493 e. The van der Waals surface area contributed by atoms with Crippen LogP contribution in [-0.4, -0.2) is 18.7 Å². The molecule has 0 unspecified atom stereocenters. The SMILES string of the molecule is CCCCOc1ccccc1/C=N\NC(=O)c1ccc(Cl)c(Cl)c1. The Kier molecular flexibility index (Phi) is 7.09. The lowest BCUT2D eigenvalue weighted by Gasteiger charge is -2.08. The third-order valence-electron chi connectivity index (χ3n) is 3.23. The first-order valence-corrected chi connectivity index (χ1v) is 8.37. The number of hydrazone groups is 1. The molecule has 1 N–H and O–H groups in total. The van der Waals surface area contributed by atoms with E-state index >= 15 is 0 Å². The van der Waals surface area contributed by atoms with E-state index in [9.17, 15) is 4.79 Å². The molecular weight excluding hydrogens is 347 g/mol. The third kappa shape index (κ3) is 5.25. The van der Waals surface area contributed by atoms with Crippen LogP contribution in [0.15, 0.2) is 47.6 Å². The number of amides is 1. The lowest BCUT2D eigenvalue weighted by atomic mass is 10.2. The summed E-state index contributed by atoms with van der Waals surface area (Å²) >= 11 is 11.7. The molecule has 2 rings (SSSR count). The van der Waals surface area contributed by atoms with Crippen molar-refractivity contribution in [2.75, 3.05) is 6.61 Å². The Morgan fingerprint density at radius 3 is 2.75 bits per heavy atom. The molecule has 6 heteroatoms. The molecule has 0 heterocycles. The maximum absolute atomic E-state index is 12.0. The zero-order chi connectivity index (χ0) is 17.4. The van der Waals surface area contributed by atoms with Crippen molar-refractivity contribution < 1.29 is 9.53 Å². The molecule has 24 heavy (non-hydrogen) atoms. The van der Waals surface area contributed by atoms with Crippen molar-refractivity contribution in [3.8, 4) is 5.75 Å². The zero-order valence-corrected chi connectivity index (χ0v) is 14.8. The van der Waals surface area contributed by atoms with Gasteiger partial charge >= 0.3 is 0 Å². The number of ether oxygens (including phenoxy) is 1. The number of nitrogens with zero attached hydrogens (tertiary/aromatic N) is 1. The minimum Gasteiger partial charge on any atom is -0.493 e. The second-order valence-electron chi connectivity index (χ2n) is 5.07. The first-order chi connectivity index (χ1) is 11.6. The van der Waals surface area contributed by atoms with Gasteiger partial charge < -0.3 is 4.74 Å². The van der Waals surface area contributed by atoms with E-state index in [-0.39, 0.29) is 5.91 Å². The highest BCUT2D eigenvalue weighted by Gasteiger charge is 2.07. The van der Waals surface area contributed by atoms with Gasteiger partial charge in [-0.1, -0.05) is 48.7 Å². The molecule has 0 aliphatic carbocycles. The molecule has 0 aliphatic rings. The third-order valence-corrected chi connectivity index (χ3v) is 3.97. The van der Waals surface area contributed by atoms with Gasteiger partial charge in [-0.25, -0.2) is 5.43 Å². The van der Waals surface area contributed by atoms with Crippen molar-refractivity contribution in [1.82, 2.24) is 5.43 Å². The number of hydrogen-bond donors (Lipinski definition) is 1. The molecule has 0 atom stereocenters. The molecule has 4 nitrogen and oxygen atoms in total. The average molecular weight is 365 g/mol. The lowest BCUT2D eigenvalue weighted by Crippen LogP contribution is -2.17. The van der Waals surface area contributed by atoms with E-state index in [0.717, 1.165) is 24.2 Å². The summed E-state index contributed by atoms with van der Waals surface area (Å²) in [6, 6.07) is 12.2. The Morgan fingerprint density at radius 2 is 2.00 bits per heavy atom. The van der Waals surface area contributed by atoms with Crippen LogP contribution < -0.4 is 10.2 Å². The van der Waals surface area contributed by atoms with Gasteiger partial charge in [-0.2, -0.15) is 5.10 Å². The van der Waals surface area contributed by atoms with Gasteiger partial charge in [0.1, 0.15) is 5.75 Å². The van der Waals surface area contributed by atoms with Crippen molar-refractivity contribution in [2.45, 2.75) is 19.8 Å². The number of carbonyl (C=O) groups excluding carboxylic acids is 1. The van der Waals surface area contributed by atoms with Gasteiger partial charge in [-0.15, -0.1) is 0 Å². The molecule has 0 aromatic heterocycles. The summed E-state index contributed by atoms with van der Waals surface area (Å²) in [7, 11) is 0. The molecule has 0 saturated carbocycles. The second kappa shape index (κ2) is 9.30. The standard InChI is InChI=1S/C18H18Cl2N2O2/c1-2-3-10-24-17-7-5-4-6-14(17)12-21-22-18(23)13-8-9-15(19)16(20)11-13/h4-9,11-12H,2-3,10H2,1H3,(H,22,23)/b21-12-. The van der Waals surface area contributed by atoms with E-state index in [4.69, 9.17) is 27.9 Å². The van der Waals surface area contributed by atoms with Crippen LogP contribution in [0.5, 0.6) is 5.75 Å². The van der Waals surface area contributed by atoms with Crippen LogP contribution >= 0.6 is 23.2 Å². The van der Waals surface area contributed by atoms with Crippen molar-refractivity contribution in [2.24, 2.45) is 5.10 Å². The van der Waals surface area contributed by atoms with Gasteiger partial charge in [0, 0.05) is 11.1 Å². The summed E-state index contributed by atoms with van der Waals surface area (Å²) in [4.78, 5) is 12.0. The number of benzene rings is 2. The molecule has 2 aromatic rings. The number of unbranched alkanes of at least 4 members (excludes halogenated alkanes) is 1. The van der Waals surface area contributed by atoms with E-state index < -0.39 is 0 Å². The van der Waals surface area contributed by atoms with Gasteiger partial charge in [-0.3, -0.25) is 4.79 Å². The summed E-state index contributed by atoms with van der Waals surface area (Å²) < 4.78 is 5.71. The number of para-hydroxylation sites is 1. The van der Waals surface area contributed by atoms with E-state index in [2.05, 4.69) is 17.5 Å². The minimum atomic E-state index is -0.366. The number of hydrogen-bond acceptors (Lipinski definition) is 3. The van der Waals surface area contributed by atoms with Crippen LogP contribution in [0, 0.1) is 0 Å². The van der Waals surface area contributed by atoms with Crippen molar-refractivity contribution in [1.29, 1.82) is 0 Å². The Labute approximate surface area is 151 Å². The zero-order valence-electron chi connectivity index (χ0n) is 13.3. The van der Waals surface area contributed by atoms with E-state index in [1.54, 1.807) is 18.3 Å². The topological polar surface area (TPSA) is 50.7 Å². The molecule has 0 spiro atoms. The second-order valence-corrected chi connectivity index (χ2v) is 5.88. The summed E-state index contributed by atoms with van der Waals surface area (Å²) in [6.45, 7) is 2.76. The summed E-state index contributed by atoms with van der Waals surface area (Å²) in [5, 5.41) is 4.70. The van der Waals surface area contributed by atoms with Crippen molar-refractivity contribution in [3.63, 3.8) is 0 Å². The molecular formula is C18H18Cl2N2O2. The fourth-order valence-corrected chi connectivity index (χ4v) is 2.21. The molecule has 0 fully saturated rings. The highest BCUT2D eigenvalue weighted by molar-refractivity contribution is 6.42. The highest BCUT2D eigenvalue weighted by Crippen LogP contribution is 2.22. The van der Waals surface area contributed by atoms with Crippen LogP contribution in [0.3, 0.4) is 0 Å². The first kappa shape index (κ1) is 18.3. The van der Waals surface area contributed by atoms with Gasteiger partial charge in [0.25, 0.3) is 5.91 Å². The molecule has 0 aliphatic heterocycles. The van der Waals surface area contributed by atoms with Gasteiger partial charge in [0.15, 0.2) is 0 Å². The minimum absolute atomic E-state index is 0.322. The summed E-state index contributed by atoms with van der Waals surface area (Å²) in [5.41, 5.74) is 3.64. The van der Waals surface area contributed by atoms with Crippen LogP contribution in [0.4, 0.5) is 0 Å². The molecule has 2 aromatic carbocycles. The fraction of sp³-hybridized carbons (Fsp3) is 0.222. The predicted molar refractivity (Wildman–Crippen MR) is 98.4 cm³/mol. The van der Waals surface area contributed by atoms with Gasteiger partial charge in [-0.05, 0) is 36.8 Å². The maximum atomic E-state index is 12.0. The fourth-order valence-electron chi connectivity index (χ4n) is 1.91. The molecule has 0 radical (unpaired) electrons. The number of halogens is 2. The van der Waals surface area contributed by atoms with Gasteiger partial charge in [0.2, 0.25) is 0 Å². The normalized spacial score (nSPS) is 10.8. The Balaban J connectivity index is 2.00. The average Bonchev–Trinajstić information content (AvgIpc) is 2.58. The molecule has 126 valence electrons. The molecule has 0 saturated heterocycles. The molecule has 0 bridgehead atoms. The van der Waals surface area contributed by atoms with Gasteiger partial charge in [0.05, 0.1) is 22.9 Å². The van der Waals surface area contributed by atoms with Crippen LogP contribution in [0.2, 0.25) is 10.0 Å². The van der Waals surface area contributed by atoms with Crippen molar-refractivity contribution in [3.05, 3.63) is 63.6 Å². The predicted octanol–water partition coefficient (Wildman–Crippen LogP) is 4.94. The highest BCUT2D eigenvalue weighted by atomic mass is 35.5. The molecule has 1 amide bonds. The summed E-state index contributed by atoms with van der Waals surface area (Å²) in [6.07, 6.45) is 3.60. The number of carbonyl (C=O) groups is 1. The number of nitrogens with one attached hydrogen (secondary N) is 1. The first-order valence-electron chi connectivity index (χ1n) is 7.62. The maximum Gasteiger partial charge on any atom is 0.271 e. The van der Waals surface area contributed by atoms with E-state index in [0.29, 0.717) is 22.2 Å². The summed E-state index contributed by atoms with van der Waals surface area (Å²) in [5.74, 6) is 0.368.